The van der Waals surface area contributed by atoms with E-state index in [1.54, 1.807) is 7.11 Å². The summed E-state index contributed by atoms with van der Waals surface area (Å²) < 4.78 is 5.15. The first-order valence-corrected chi connectivity index (χ1v) is 6.92. The van der Waals surface area contributed by atoms with Crippen LogP contribution in [0.1, 0.15) is 19.8 Å². The first kappa shape index (κ1) is 12.9. The van der Waals surface area contributed by atoms with Crippen molar-refractivity contribution >= 4 is 5.69 Å². The monoisotopic (exact) mass is 263 g/mol. The van der Waals surface area contributed by atoms with E-state index in [-0.39, 0.29) is 11.8 Å². The molecule has 104 valence electrons. The van der Waals surface area contributed by atoms with Gasteiger partial charge in [-0.1, -0.05) is 18.2 Å². The molecule has 3 atom stereocenters. The van der Waals surface area contributed by atoms with Crippen LogP contribution >= 0.6 is 0 Å². The number of hydrogen-bond acceptors (Lipinski definition) is 4. The maximum absolute atomic E-state index is 5.71. The van der Waals surface area contributed by atoms with Gasteiger partial charge < -0.3 is 9.64 Å². The molecule has 1 aromatic carbocycles. The Morgan fingerprint density at radius 2 is 2.16 bits per heavy atom. The first-order valence-electron chi connectivity index (χ1n) is 6.92. The Morgan fingerprint density at radius 1 is 1.37 bits per heavy atom. The highest BCUT2D eigenvalue weighted by Gasteiger charge is 2.56. The summed E-state index contributed by atoms with van der Waals surface area (Å²) in [7, 11) is 1.72. The Labute approximate surface area is 114 Å². The van der Waals surface area contributed by atoms with Gasteiger partial charge in [0.25, 0.3) is 0 Å². The molecule has 0 saturated carbocycles. The highest BCUT2D eigenvalue weighted by atomic mass is 17.2. The van der Waals surface area contributed by atoms with Crippen molar-refractivity contribution in [2.75, 3.05) is 25.2 Å². The topological polar surface area (TPSA) is 30.9 Å². The SMILES string of the molecule is COCC[C@H]1OO[C@]2(C)[C@H]1CCN2c1ccccc1. The summed E-state index contributed by atoms with van der Waals surface area (Å²) >= 11 is 0. The predicted molar refractivity (Wildman–Crippen MR) is 72.8 cm³/mol. The summed E-state index contributed by atoms with van der Waals surface area (Å²) in [4.78, 5) is 13.6. The summed E-state index contributed by atoms with van der Waals surface area (Å²) in [6.07, 6.45) is 2.12. The van der Waals surface area contributed by atoms with Crippen LogP contribution in [0.2, 0.25) is 0 Å². The molecule has 0 amide bonds. The highest BCUT2D eigenvalue weighted by Crippen LogP contribution is 2.47. The van der Waals surface area contributed by atoms with Crippen molar-refractivity contribution in [2.24, 2.45) is 5.92 Å². The van der Waals surface area contributed by atoms with Gasteiger partial charge >= 0.3 is 0 Å². The van der Waals surface area contributed by atoms with Crippen LogP contribution < -0.4 is 4.90 Å². The summed E-state index contributed by atoms with van der Waals surface area (Å²) in [5.74, 6) is 0.405. The van der Waals surface area contributed by atoms with E-state index in [4.69, 9.17) is 14.5 Å². The molecule has 0 aromatic heterocycles. The van der Waals surface area contributed by atoms with E-state index in [2.05, 4.69) is 36.1 Å². The molecule has 0 bridgehead atoms. The van der Waals surface area contributed by atoms with Crippen molar-refractivity contribution in [3.8, 4) is 0 Å². The molecule has 4 heteroatoms. The smallest absolute Gasteiger partial charge is 0.178 e. The minimum Gasteiger partial charge on any atom is -0.385 e. The van der Waals surface area contributed by atoms with Crippen molar-refractivity contribution in [1.82, 2.24) is 0 Å². The van der Waals surface area contributed by atoms with Crippen LogP contribution in [0.15, 0.2) is 30.3 Å². The van der Waals surface area contributed by atoms with Crippen molar-refractivity contribution in [2.45, 2.75) is 31.6 Å². The molecule has 2 fully saturated rings. The molecular formula is C15H21NO3. The van der Waals surface area contributed by atoms with E-state index in [1.807, 2.05) is 6.07 Å². The number of ether oxygens (including phenoxy) is 1. The van der Waals surface area contributed by atoms with Crippen LogP contribution in [0.5, 0.6) is 0 Å². The third kappa shape index (κ3) is 2.14. The largest absolute Gasteiger partial charge is 0.385 e. The van der Waals surface area contributed by atoms with E-state index in [0.717, 1.165) is 19.4 Å². The second kappa shape index (κ2) is 5.12. The fourth-order valence-electron chi connectivity index (χ4n) is 3.30. The Bertz CT molecular complexity index is 425. The maximum Gasteiger partial charge on any atom is 0.178 e. The second-order valence-corrected chi connectivity index (χ2v) is 5.44. The Morgan fingerprint density at radius 3 is 2.89 bits per heavy atom. The van der Waals surface area contributed by atoms with Gasteiger partial charge in [-0.15, -0.1) is 0 Å². The Balaban J connectivity index is 1.78. The first-order chi connectivity index (χ1) is 9.25. The Kier molecular flexibility index (Phi) is 3.48. The molecule has 2 aliphatic rings. The number of rotatable bonds is 4. The van der Waals surface area contributed by atoms with E-state index >= 15 is 0 Å². The van der Waals surface area contributed by atoms with Gasteiger partial charge in [-0.3, -0.25) is 0 Å². The summed E-state index contributed by atoms with van der Waals surface area (Å²) in [6.45, 7) is 3.86. The number of fused-ring (bicyclic) bond motifs is 1. The van der Waals surface area contributed by atoms with Crippen LogP contribution in [0.25, 0.3) is 0 Å². The third-order valence-corrected chi connectivity index (χ3v) is 4.35. The number of para-hydroxylation sites is 1. The number of nitrogens with zero attached hydrogens (tertiary/aromatic N) is 1. The van der Waals surface area contributed by atoms with Gasteiger partial charge in [0.2, 0.25) is 0 Å². The zero-order chi connectivity index (χ0) is 13.3. The minimum absolute atomic E-state index is 0.138. The molecular weight excluding hydrogens is 242 g/mol. The van der Waals surface area contributed by atoms with Gasteiger partial charge in [-0.2, -0.15) is 0 Å². The Hall–Kier alpha value is -1.10. The molecule has 0 unspecified atom stereocenters. The lowest BCUT2D eigenvalue weighted by Gasteiger charge is -2.33. The van der Waals surface area contributed by atoms with E-state index in [9.17, 15) is 0 Å². The molecule has 4 nitrogen and oxygen atoms in total. The van der Waals surface area contributed by atoms with Gasteiger partial charge in [-0.05, 0) is 25.5 Å². The fourth-order valence-corrected chi connectivity index (χ4v) is 3.30. The maximum atomic E-state index is 5.71. The summed E-state index contributed by atoms with van der Waals surface area (Å²) in [6, 6.07) is 10.4. The van der Waals surface area contributed by atoms with Gasteiger partial charge in [0.15, 0.2) is 5.72 Å². The van der Waals surface area contributed by atoms with E-state index in [1.165, 1.54) is 5.69 Å². The average molecular weight is 263 g/mol. The summed E-state index contributed by atoms with van der Waals surface area (Å²) in [5, 5.41) is 0. The molecule has 19 heavy (non-hydrogen) atoms. The average Bonchev–Trinajstić information content (AvgIpc) is 2.93. The van der Waals surface area contributed by atoms with Gasteiger partial charge in [0.05, 0.1) is 0 Å². The molecule has 2 saturated heterocycles. The van der Waals surface area contributed by atoms with E-state index in [0.29, 0.717) is 12.5 Å². The van der Waals surface area contributed by atoms with Crippen molar-refractivity contribution in [3.05, 3.63) is 30.3 Å². The molecule has 0 aliphatic carbocycles. The van der Waals surface area contributed by atoms with Crippen molar-refractivity contribution < 1.29 is 14.5 Å². The standard InChI is InChI=1S/C15H21NO3/c1-15-13(14(18-19-15)9-11-17-2)8-10-16(15)12-6-4-3-5-7-12/h3-7,13-14H,8-11H2,1-2H3/t13-,14+,15+/m0/s1. The highest BCUT2D eigenvalue weighted by molar-refractivity contribution is 5.49. The van der Waals surface area contributed by atoms with Gasteiger partial charge in [0.1, 0.15) is 6.10 Å². The lowest BCUT2D eigenvalue weighted by molar-refractivity contribution is -0.322. The normalized spacial score (nSPS) is 33.7. The van der Waals surface area contributed by atoms with Crippen LogP contribution in [0.3, 0.4) is 0 Å². The van der Waals surface area contributed by atoms with Gasteiger partial charge in [-0.25, -0.2) is 9.78 Å². The number of methoxy groups -OCH3 is 1. The number of hydrogen-bond donors (Lipinski definition) is 0. The molecule has 0 radical (unpaired) electrons. The zero-order valence-corrected chi connectivity index (χ0v) is 11.5. The minimum atomic E-state index is -0.347. The van der Waals surface area contributed by atoms with Crippen molar-refractivity contribution in [1.29, 1.82) is 0 Å². The quantitative estimate of drug-likeness (QED) is 0.781. The molecule has 2 heterocycles. The van der Waals surface area contributed by atoms with Crippen LogP contribution in [-0.2, 0) is 14.5 Å². The molecule has 2 aliphatic heterocycles. The lowest BCUT2D eigenvalue weighted by Crippen LogP contribution is -2.45. The molecule has 1 aromatic rings. The molecule has 3 rings (SSSR count). The van der Waals surface area contributed by atoms with Crippen LogP contribution in [-0.4, -0.2) is 32.1 Å². The van der Waals surface area contributed by atoms with Gasteiger partial charge in [0, 0.05) is 38.3 Å². The fraction of sp³-hybridized carbons (Fsp3) is 0.600. The molecule has 0 spiro atoms. The van der Waals surface area contributed by atoms with Crippen molar-refractivity contribution in [3.63, 3.8) is 0 Å². The lowest BCUT2D eigenvalue weighted by atomic mass is 9.91. The number of anilines is 1. The number of benzene rings is 1. The second-order valence-electron chi connectivity index (χ2n) is 5.44. The zero-order valence-electron chi connectivity index (χ0n) is 11.5. The predicted octanol–water partition coefficient (Wildman–Crippen LogP) is 2.60. The van der Waals surface area contributed by atoms with E-state index < -0.39 is 0 Å². The third-order valence-electron chi connectivity index (χ3n) is 4.35. The summed E-state index contributed by atoms with van der Waals surface area (Å²) in [5.41, 5.74) is 0.850. The molecule has 0 N–H and O–H groups in total. The van der Waals surface area contributed by atoms with Crippen LogP contribution in [0, 0.1) is 5.92 Å². The van der Waals surface area contributed by atoms with Crippen LogP contribution in [0.4, 0.5) is 5.69 Å².